The first-order valence-corrected chi connectivity index (χ1v) is 7.44. The molecule has 3 rings (SSSR count). The Balaban J connectivity index is 0.00000192. The van der Waals surface area contributed by atoms with Crippen LogP contribution in [-0.2, 0) is 11.3 Å². The average molecular weight is 337 g/mol. The van der Waals surface area contributed by atoms with E-state index in [1.54, 1.807) is 10.9 Å². The Labute approximate surface area is 141 Å². The van der Waals surface area contributed by atoms with Crippen molar-refractivity contribution in [2.45, 2.75) is 31.5 Å². The Kier molecular flexibility index (Phi) is 5.76. The van der Waals surface area contributed by atoms with E-state index in [9.17, 15) is 9.90 Å². The van der Waals surface area contributed by atoms with Crippen LogP contribution in [0.2, 0.25) is 0 Å². The maximum absolute atomic E-state index is 12.1. The van der Waals surface area contributed by atoms with Crippen molar-refractivity contribution in [2.75, 3.05) is 0 Å². The molecule has 1 aromatic carbocycles. The van der Waals surface area contributed by atoms with Crippen molar-refractivity contribution >= 4 is 18.3 Å². The summed E-state index contributed by atoms with van der Waals surface area (Å²) in [6.45, 7) is 0.472. The Morgan fingerprint density at radius 2 is 2.09 bits per heavy atom. The SMILES string of the molecule is Cl.N[C@@H]1C[C@H](C(=O)NCc2ccc(-n3cccn3)cc2)C[C@H]1O. The molecule has 0 spiro atoms. The lowest BCUT2D eigenvalue weighted by molar-refractivity contribution is -0.125. The van der Waals surface area contributed by atoms with Crippen LogP contribution >= 0.6 is 12.4 Å². The van der Waals surface area contributed by atoms with Crippen LogP contribution in [0.4, 0.5) is 0 Å². The number of hydrogen-bond donors (Lipinski definition) is 3. The van der Waals surface area contributed by atoms with Gasteiger partial charge in [0.1, 0.15) is 0 Å². The summed E-state index contributed by atoms with van der Waals surface area (Å²) in [5.41, 5.74) is 7.74. The zero-order valence-corrected chi connectivity index (χ0v) is 13.4. The van der Waals surface area contributed by atoms with E-state index in [1.807, 2.05) is 36.5 Å². The lowest BCUT2D eigenvalue weighted by Crippen LogP contribution is -2.30. The summed E-state index contributed by atoms with van der Waals surface area (Å²) in [4.78, 5) is 12.1. The second-order valence-electron chi connectivity index (χ2n) is 5.73. The fourth-order valence-corrected chi connectivity index (χ4v) is 2.78. The largest absolute Gasteiger partial charge is 0.391 e. The fraction of sp³-hybridized carbons (Fsp3) is 0.375. The lowest BCUT2D eigenvalue weighted by Gasteiger charge is -2.11. The summed E-state index contributed by atoms with van der Waals surface area (Å²) >= 11 is 0. The molecule has 4 N–H and O–H groups in total. The van der Waals surface area contributed by atoms with Gasteiger partial charge in [-0.25, -0.2) is 4.68 Å². The summed E-state index contributed by atoms with van der Waals surface area (Å²) in [5.74, 6) is -0.225. The molecule has 0 bridgehead atoms. The van der Waals surface area contributed by atoms with E-state index < -0.39 is 6.10 Å². The van der Waals surface area contributed by atoms with Crippen molar-refractivity contribution in [1.29, 1.82) is 0 Å². The summed E-state index contributed by atoms with van der Waals surface area (Å²) in [5, 5.41) is 16.7. The van der Waals surface area contributed by atoms with Crippen LogP contribution in [0.3, 0.4) is 0 Å². The van der Waals surface area contributed by atoms with Gasteiger partial charge in [-0.1, -0.05) is 12.1 Å². The summed E-state index contributed by atoms with van der Waals surface area (Å²) in [6.07, 6.45) is 4.04. The number of nitrogens with two attached hydrogens (primary N) is 1. The molecule has 3 atom stereocenters. The van der Waals surface area contributed by atoms with Gasteiger partial charge in [0.15, 0.2) is 0 Å². The van der Waals surface area contributed by atoms with Crippen molar-refractivity contribution in [3.8, 4) is 5.69 Å². The van der Waals surface area contributed by atoms with Crippen LogP contribution in [0.1, 0.15) is 18.4 Å². The van der Waals surface area contributed by atoms with Crippen molar-refractivity contribution < 1.29 is 9.90 Å². The maximum Gasteiger partial charge on any atom is 0.223 e. The number of carbonyl (C=O) groups is 1. The van der Waals surface area contributed by atoms with Crippen LogP contribution in [0.5, 0.6) is 0 Å². The van der Waals surface area contributed by atoms with Gasteiger partial charge in [-0.05, 0) is 36.6 Å². The first-order valence-electron chi connectivity index (χ1n) is 7.44. The van der Waals surface area contributed by atoms with Gasteiger partial charge in [-0.15, -0.1) is 12.4 Å². The highest BCUT2D eigenvalue weighted by molar-refractivity contribution is 5.85. The van der Waals surface area contributed by atoms with Crippen LogP contribution < -0.4 is 11.1 Å². The molecule has 6 nitrogen and oxygen atoms in total. The third-order valence-electron chi connectivity index (χ3n) is 4.12. The van der Waals surface area contributed by atoms with E-state index in [1.165, 1.54) is 0 Å². The second-order valence-corrected chi connectivity index (χ2v) is 5.73. The average Bonchev–Trinajstić information content (AvgIpc) is 3.16. The highest BCUT2D eigenvalue weighted by atomic mass is 35.5. The molecule has 1 aliphatic rings. The van der Waals surface area contributed by atoms with Gasteiger partial charge >= 0.3 is 0 Å². The molecule has 1 amide bonds. The minimum Gasteiger partial charge on any atom is -0.391 e. The number of amides is 1. The smallest absolute Gasteiger partial charge is 0.223 e. The van der Waals surface area contributed by atoms with Crippen LogP contribution in [-0.4, -0.2) is 32.9 Å². The molecule has 1 fully saturated rings. The van der Waals surface area contributed by atoms with Gasteiger partial charge in [0.05, 0.1) is 11.8 Å². The Hall–Kier alpha value is -1.89. The minimum atomic E-state index is -0.566. The van der Waals surface area contributed by atoms with E-state index in [0.717, 1.165) is 11.3 Å². The Morgan fingerprint density at radius 3 is 2.65 bits per heavy atom. The number of aliphatic hydroxyl groups excluding tert-OH is 1. The number of nitrogens with zero attached hydrogens (tertiary/aromatic N) is 2. The number of nitrogens with one attached hydrogen (secondary N) is 1. The molecule has 1 aliphatic carbocycles. The second kappa shape index (κ2) is 7.59. The van der Waals surface area contributed by atoms with Gasteiger partial charge in [0.2, 0.25) is 5.91 Å². The first kappa shape index (κ1) is 17.5. The predicted molar refractivity (Wildman–Crippen MR) is 89.4 cm³/mol. The van der Waals surface area contributed by atoms with E-state index >= 15 is 0 Å². The van der Waals surface area contributed by atoms with E-state index in [-0.39, 0.29) is 30.3 Å². The summed E-state index contributed by atoms with van der Waals surface area (Å²) in [7, 11) is 0. The minimum absolute atomic E-state index is 0. The molecule has 124 valence electrons. The standard InChI is InChI=1S/C16H20N4O2.ClH/c17-14-8-12(9-15(14)21)16(22)18-10-11-2-4-13(5-3-11)20-7-1-6-19-20;/h1-7,12,14-15,21H,8-10,17H2,(H,18,22);1H/t12-,14+,15+;/m0./s1. The highest BCUT2D eigenvalue weighted by Crippen LogP contribution is 2.24. The normalized spacial score (nSPS) is 23.3. The summed E-state index contributed by atoms with van der Waals surface area (Å²) < 4.78 is 1.78. The van der Waals surface area contributed by atoms with Gasteiger partial charge < -0.3 is 16.2 Å². The molecule has 0 saturated heterocycles. The molecule has 0 aliphatic heterocycles. The molecule has 7 heteroatoms. The highest BCUT2D eigenvalue weighted by Gasteiger charge is 2.34. The van der Waals surface area contributed by atoms with Crippen LogP contribution in [0.15, 0.2) is 42.7 Å². The van der Waals surface area contributed by atoms with Crippen molar-refractivity contribution in [2.24, 2.45) is 11.7 Å². The molecule has 0 radical (unpaired) electrons. The molecule has 1 saturated carbocycles. The molecular formula is C16H21ClN4O2. The zero-order chi connectivity index (χ0) is 15.5. The first-order chi connectivity index (χ1) is 10.6. The van der Waals surface area contributed by atoms with Crippen LogP contribution in [0.25, 0.3) is 5.69 Å². The summed E-state index contributed by atoms with van der Waals surface area (Å²) in [6, 6.07) is 9.44. The number of benzene rings is 1. The third-order valence-corrected chi connectivity index (χ3v) is 4.12. The zero-order valence-electron chi connectivity index (χ0n) is 12.6. The van der Waals surface area contributed by atoms with E-state index in [2.05, 4.69) is 10.4 Å². The van der Waals surface area contributed by atoms with Gasteiger partial charge in [-0.2, -0.15) is 5.10 Å². The van der Waals surface area contributed by atoms with Crippen molar-refractivity contribution in [3.05, 3.63) is 48.3 Å². The topological polar surface area (TPSA) is 93.2 Å². The molecule has 23 heavy (non-hydrogen) atoms. The van der Waals surface area contributed by atoms with E-state index in [0.29, 0.717) is 19.4 Å². The quantitative estimate of drug-likeness (QED) is 0.776. The lowest BCUT2D eigenvalue weighted by atomic mass is 10.1. The number of carbonyl (C=O) groups excluding carboxylic acids is 1. The molecule has 1 aromatic heterocycles. The number of aromatic nitrogens is 2. The number of hydrogen-bond acceptors (Lipinski definition) is 4. The molecular weight excluding hydrogens is 316 g/mol. The Morgan fingerprint density at radius 1 is 1.35 bits per heavy atom. The fourth-order valence-electron chi connectivity index (χ4n) is 2.78. The van der Waals surface area contributed by atoms with Gasteiger partial charge in [-0.3, -0.25) is 4.79 Å². The number of aliphatic hydroxyl groups is 1. The van der Waals surface area contributed by atoms with Crippen LogP contribution in [0, 0.1) is 5.92 Å². The number of halogens is 1. The number of rotatable bonds is 4. The monoisotopic (exact) mass is 336 g/mol. The third kappa shape index (κ3) is 4.10. The Bertz CT molecular complexity index is 620. The van der Waals surface area contributed by atoms with Crippen molar-refractivity contribution in [1.82, 2.24) is 15.1 Å². The van der Waals surface area contributed by atoms with Crippen molar-refractivity contribution in [3.63, 3.8) is 0 Å². The molecule has 1 heterocycles. The van der Waals surface area contributed by atoms with Gasteiger partial charge in [0, 0.05) is 30.9 Å². The van der Waals surface area contributed by atoms with Gasteiger partial charge in [0.25, 0.3) is 0 Å². The molecule has 0 unspecified atom stereocenters. The predicted octanol–water partition coefficient (Wildman–Crippen LogP) is 1.01. The van der Waals surface area contributed by atoms with E-state index in [4.69, 9.17) is 5.73 Å². The maximum atomic E-state index is 12.1. The molecule has 2 aromatic rings.